The van der Waals surface area contributed by atoms with Gasteiger partial charge in [0.15, 0.2) is 0 Å². The number of rotatable bonds is 1. The van der Waals surface area contributed by atoms with Crippen molar-refractivity contribution < 1.29 is 18.3 Å². The molecule has 0 N–H and O–H groups in total. The van der Waals surface area contributed by atoms with Gasteiger partial charge < -0.3 is 9.64 Å². The molecule has 2 heterocycles. The summed E-state index contributed by atoms with van der Waals surface area (Å²) < 4.78 is 33.6. The zero-order valence-electron chi connectivity index (χ0n) is 14.0. The number of piperazine rings is 1. The Bertz CT molecular complexity index is 649. The number of hydrogen-bond donors (Lipinski definition) is 0. The Labute approximate surface area is 148 Å². The van der Waals surface area contributed by atoms with Gasteiger partial charge in [-0.25, -0.2) is 13.6 Å². The molecule has 7 heteroatoms. The average molecular weight is 403 g/mol. The fraction of sp³-hybridized carbons (Fsp3) is 0.588. The summed E-state index contributed by atoms with van der Waals surface area (Å²) in [6, 6.07) is 2.28. The van der Waals surface area contributed by atoms with Crippen LogP contribution >= 0.6 is 15.9 Å². The molecule has 132 valence electrons. The zero-order chi connectivity index (χ0) is 17.6. The minimum absolute atomic E-state index is 0.0373. The van der Waals surface area contributed by atoms with Gasteiger partial charge in [0.05, 0.1) is 22.2 Å². The van der Waals surface area contributed by atoms with Gasteiger partial charge in [0, 0.05) is 19.2 Å². The van der Waals surface area contributed by atoms with Crippen molar-refractivity contribution in [3.63, 3.8) is 0 Å². The molecule has 0 radical (unpaired) electrons. The third-order valence-electron chi connectivity index (χ3n) is 4.42. The molecule has 2 aliphatic heterocycles. The van der Waals surface area contributed by atoms with Crippen LogP contribution in [0.15, 0.2) is 16.6 Å². The molecule has 2 unspecified atom stereocenters. The molecule has 0 aromatic heterocycles. The highest BCUT2D eigenvalue weighted by atomic mass is 79.9. The molecule has 24 heavy (non-hydrogen) atoms. The van der Waals surface area contributed by atoms with E-state index in [1.54, 1.807) is 4.90 Å². The van der Waals surface area contributed by atoms with Crippen molar-refractivity contribution in [3.8, 4) is 0 Å². The molecule has 1 aromatic carbocycles. The molecule has 2 bridgehead atoms. The number of benzene rings is 1. The predicted molar refractivity (Wildman–Crippen MR) is 91.2 cm³/mol. The number of carbonyl (C=O) groups is 1. The normalized spacial score (nSPS) is 23.6. The molecule has 3 rings (SSSR count). The second-order valence-corrected chi connectivity index (χ2v) is 8.25. The molecule has 0 saturated carbocycles. The van der Waals surface area contributed by atoms with Crippen molar-refractivity contribution >= 4 is 27.7 Å². The van der Waals surface area contributed by atoms with E-state index in [2.05, 4.69) is 15.9 Å². The Balaban J connectivity index is 1.78. The topological polar surface area (TPSA) is 32.8 Å². The maximum Gasteiger partial charge on any atom is 0.410 e. The number of carbonyl (C=O) groups excluding carboxylic acids is 1. The first-order valence-electron chi connectivity index (χ1n) is 8.06. The Hall–Kier alpha value is -1.37. The molecular formula is C17H21BrF2N2O2. The summed E-state index contributed by atoms with van der Waals surface area (Å²) in [5.74, 6) is -0.957. The van der Waals surface area contributed by atoms with Crippen LogP contribution in [0.2, 0.25) is 0 Å². The maximum atomic E-state index is 14.2. The van der Waals surface area contributed by atoms with Gasteiger partial charge in [-0.3, -0.25) is 4.90 Å². The first-order chi connectivity index (χ1) is 11.2. The van der Waals surface area contributed by atoms with Gasteiger partial charge in [-0.1, -0.05) is 0 Å². The maximum absolute atomic E-state index is 14.2. The third-order valence-corrected chi connectivity index (χ3v) is 5.02. The lowest BCUT2D eigenvalue weighted by Gasteiger charge is -2.42. The van der Waals surface area contributed by atoms with Gasteiger partial charge in [0.1, 0.15) is 17.2 Å². The summed E-state index contributed by atoms with van der Waals surface area (Å²) in [6.07, 6.45) is 1.37. The van der Waals surface area contributed by atoms with Gasteiger partial charge in [-0.15, -0.1) is 0 Å². The monoisotopic (exact) mass is 402 g/mol. The summed E-state index contributed by atoms with van der Waals surface area (Å²) in [7, 11) is 0. The number of fused-ring (bicyclic) bond motifs is 2. The summed E-state index contributed by atoms with van der Waals surface area (Å²) in [6.45, 7) is 6.47. The SMILES string of the molecule is CC(C)(C)OC(=O)N1C2CCC1CN(c1cc(F)c(Br)cc1F)C2. The average Bonchev–Trinajstić information content (AvgIpc) is 2.72. The highest BCUT2D eigenvalue weighted by Gasteiger charge is 2.44. The van der Waals surface area contributed by atoms with Crippen LogP contribution in [0.3, 0.4) is 0 Å². The predicted octanol–water partition coefficient (Wildman–Crippen LogP) is 4.32. The lowest BCUT2D eigenvalue weighted by molar-refractivity contribution is 0.0123. The number of nitrogens with zero attached hydrogens (tertiary/aromatic N) is 2. The van der Waals surface area contributed by atoms with Crippen LogP contribution in [-0.2, 0) is 4.74 Å². The van der Waals surface area contributed by atoms with Crippen LogP contribution in [0, 0.1) is 11.6 Å². The van der Waals surface area contributed by atoms with Crippen LogP contribution in [-0.4, -0.2) is 41.8 Å². The van der Waals surface area contributed by atoms with Crippen molar-refractivity contribution in [2.24, 2.45) is 0 Å². The smallest absolute Gasteiger partial charge is 0.410 e. The minimum Gasteiger partial charge on any atom is -0.444 e. The van der Waals surface area contributed by atoms with Crippen molar-refractivity contribution in [1.29, 1.82) is 0 Å². The highest BCUT2D eigenvalue weighted by molar-refractivity contribution is 9.10. The quantitative estimate of drug-likeness (QED) is 0.655. The largest absolute Gasteiger partial charge is 0.444 e. The third kappa shape index (κ3) is 3.36. The number of anilines is 1. The second-order valence-electron chi connectivity index (χ2n) is 7.40. The van der Waals surface area contributed by atoms with Gasteiger partial charge in [-0.05, 0) is 55.6 Å². The summed E-state index contributed by atoms with van der Waals surface area (Å²) in [4.78, 5) is 16.0. The van der Waals surface area contributed by atoms with Gasteiger partial charge in [-0.2, -0.15) is 0 Å². The van der Waals surface area contributed by atoms with Crippen LogP contribution in [0.5, 0.6) is 0 Å². The van der Waals surface area contributed by atoms with Crippen molar-refractivity contribution in [3.05, 3.63) is 28.2 Å². The van der Waals surface area contributed by atoms with Gasteiger partial charge in [0.2, 0.25) is 0 Å². The van der Waals surface area contributed by atoms with Crippen molar-refractivity contribution in [2.75, 3.05) is 18.0 Å². The lowest BCUT2D eigenvalue weighted by Crippen LogP contribution is -2.57. The van der Waals surface area contributed by atoms with E-state index >= 15 is 0 Å². The second kappa shape index (κ2) is 6.17. The number of amides is 1. The molecule has 2 atom stereocenters. The number of ether oxygens (including phenoxy) is 1. The molecule has 0 spiro atoms. The molecule has 2 fully saturated rings. The van der Waals surface area contributed by atoms with Crippen molar-refractivity contribution in [2.45, 2.75) is 51.3 Å². The Kier molecular flexibility index (Phi) is 4.49. The van der Waals surface area contributed by atoms with Crippen LogP contribution in [0.4, 0.5) is 19.3 Å². The van der Waals surface area contributed by atoms with E-state index in [1.165, 1.54) is 6.07 Å². The lowest BCUT2D eigenvalue weighted by atomic mass is 10.1. The van der Waals surface area contributed by atoms with Crippen LogP contribution < -0.4 is 4.90 Å². The fourth-order valence-corrected chi connectivity index (χ4v) is 3.78. The number of halogens is 3. The first kappa shape index (κ1) is 17.5. The van der Waals surface area contributed by atoms with Crippen LogP contribution in [0.1, 0.15) is 33.6 Å². The molecule has 1 aromatic rings. The zero-order valence-corrected chi connectivity index (χ0v) is 15.6. The standard InChI is InChI=1S/C17H21BrF2N2O2/c1-17(2,3)24-16(23)22-10-4-5-11(22)9-21(8-10)15-7-13(19)12(18)6-14(15)20/h6-7,10-11H,4-5,8-9H2,1-3H3. The summed E-state index contributed by atoms with van der Waals surface area (Å²) in [5.41, 5.74) is -0.300. The molecule has 1 amide bonds. The molecule has 4 nitrogen and oxygen atoms in total. The van der Waals surface area contributed by atoms with E-state index in [9.17, 15) is 13.6 Å². The Morgan fingerprint density at radius 3 is 2.29 bits per heavy atom. The van der Waals surface area contributed by atoms with E-state index < -0.39 is 17.2 Å². The van der Waals surface area contributed by atoms with E-state index in [4.69, 9.17) is 4.74 Å². The van der Waals surface area contributed by atoms with E-state index in [1.807, 2.05) is 25.7 Å². The Morgan fingerprint density at radius 2 is 1.75 bits per heavy atom. The molecule has 0 aliphatic carbocycles. The van der Waals surface area contributed by atoms with Gasteiger partial charge in [0.25, 0.3) is 0 Å². The summed E-state index contributed by atoms with van der Waals surface area (Å²) >= 11 is 2.99. The molecular weight excluding hydrogens is 382 g/mol. The number of hydrogen-bond acceptors (Lipinski definition) is 3. The summed E-state index contributed by atoms with van der Waals surface area (Å²) in [5, 5.41) is 0. The van der Waals surface area contributed by atoms with E-state index in [-0.39, 0.29) is 28.3 Å². The minimum atomic E-state index is -0.547. The fourth-order valence-electron chi connectivity index (χ4n) is 3.47. The Morgan fingerprint density at radius 1 is 1.17 bits per heavy atom. The molecule has 2 aliphatic rings. The highest BCUT2D eigenvalue weighted by Crippen LogP contribution is 2.35. The van der Waals surface area contributed by atoms with E-state index in [0.29, 0.717) is 13.1 Å². The van der Waals surface area contributed by atoms with Crippen molar-refractivity contribution in [1.82, 2.24) is 4.90 Å². The molecule has 2 saturated heterocycles. The van der Waals surface area contributed by atoms with E-state index in [0.717, 1.165) is 18.9 Å². The first-order valence-corrected chi connectivity index (χ1v) is 8.86. The van der Waals surface area contributed by atoms with Gasteiger partial charge >= 0.3 is 6.09 Å². The van der Waals surface area contributed by atoms with Crippen LogP contribution in [0.25, 0.3) is 0 Å².